The second-order valence-electron chi connectivity index (χ2n) is 3.77. The maximum absolute atomic E-state index is 10.9. The molecule has 5 nitrogen and oxygen atoms in total. The lowest BCUT2D eigenvalue weighted by Gasteiger charge is -2.08. The Morgan fingerprint density at radius 2 is 2.11 bits per heavy atom. The van der Waals surface area contributed by atoms with E-state index in [1.54, 1.807) is 25.1 Å². The molecular weight excluding hydrogens is 334 g/mol. The van der Waals surface area contributed by atoms with Gasteiger partial charge in [-0.25, -0.2) is 14.8 Å². The van der Waals surface area contributed by atoms with E-state index in [2.05, 4.69) is 31.2 Å². The van der Waals surface area contributed by atoms with Crippen LogP contribution >= 0.6 is 27.5 Å². The van der Waals surface area contributed by atoms with Gasteiger partial charge in [0.15, 0.2) is 5.69 Å². The molecule has 0 bridgehead atoms. The van der Waals surface area contributed by atoms with E-state index in [1.807, 2.05) is 0 Å². The monoisotopic (exact) mass is 341 g/mol. The highest BCUT2D eigenvalue weighted by atomic mass is 79.9. The number of aryl methyl sites for hydroxylation is 1. The van der Waals surface area contributed by atoms with Gasteiger partial charge in [0.1, 0.15) is 0 Å². The number of nitrogens with zero attached hydrogens (tertiary/aromatic N) is 2. The number of hydrogen-bond acceptors (Lipinski definition) is 4. The van der Waals surface area contributed by atoms with Crippen LogP contribution < -0.4 is 5.32 Å². The standard InChI is InChI=1S/C12H9BrClN3O2/c1-6-4-10(11(18)19)17-12(15-6)16-9-3-2-7(14)5-8(9)13/h2-5H,1H3,(H,18,19)(H,15,16,17). The molecule has 19 heavy (non-hydrogen) atoms. The number of carboxylic acids is 1. The molecule has 2 rings (SSSR count). The summed E-state index contributed by atoms with van der Waals surface area (Å²) in [6.45, 7) is 1.70. The number of aromatic carboxylic acids is 1. The molecule has 0 aliphatic heterocycles. The minimum atomic E-state index is -1.09. The first-order valence-corrected chi connectivity index (χ1v) is 6.44. The molecule has 0 aliphatic rings. The van der Waals surface area contributed by atoms with Crippen molar-refractivity contribution in [3.63, 3.8) is 0 Å². The van der Waals surface area contributed by atoms with Gasteiger partial charge < -0.3 is 10.4 Å². The highest BCUT2D eigenvalue weighted by Crippen LogP contribution is 2.27. The van der Waals surface area contributed by atoms with Crippen LogP contribution in [0.15, 0.2) is 28.7 Å². The van der Waals surface area contributed by atoms with Crippen molar-refractivity contribution in [2.75, 3.05) is 5.32 Å². The number of rotatable bonds is 3. The summed E-state index contributed by atoms with van der Waals surface area (Å²) in [4.78, 5) is 19.0. The van der Waals surface area contributed by atoms with Crippen LogP contribution in [0, 0.1) is 6.92 Å². The number of anilines is 2. The van der Waals surface area contributed by atoms with Gasteiger partial charge in [0.2, 0.25) is 5.95 Å². The summed E-state index contributed by atoms with van der Waals surface area (Å²) < 4.78 is 0.738. The van der Waals surface area contributed by atoms with E-state index in [1.165, 1.54) is 6.07 Å². The third-order valence-corrected chi connectivity index (χ3v) is 3.14. The predicted octanol–water partition coefficient (Wildman–Crippen LogP) is 3.64. The fourth-order valence-electron chi connectivity index (χ4n) is 1.45. The fourth-order valence-corrected chi connectivity index (χ4v) is 2.23. The molecule has 2 aromatic rings. The van der Waals surface area contributed by atoms with Crippen LogP contribution in [0.1, 0.15) is 16.2 Å². The van der Waals surface area contributed by atoms with Gasteiger partial charge in [0.05, 0.1) is 5.69 Å². The SMILES string of the molecule is Cc1cc(C(=O)O)nc(Nc2ccc(Cl)cc2Br)n1. The smallest absolute Gasteiger partial charge is 0.354 e. The molecule has 1 heterocycles. The van der Waals surface area contributed by atoms with Gasteiger partial charge in [-0.2, -0.15) is 0 Å². The Morgan fingerprint density at radius 1 is 1.37 bits per heavy atom. The number of carboxylic acid groups (broad SMARTS) is 1. The van der Waals surface area contributed by atoms with Crippen molar-refractivity contribution < 1.29 is 9.90 Å². The second kappa shape index (κ2) is 5.54. The normalized spacial score (nSPS) is 10.3. The average molecular weight is 343 g/mol. The lowest BCUT2D eigenvalue weighted by molar-refractivity contribution is 0.0690. The Balaban J connectivity index is 2.35. The van der Waals surface area contributed by atoms with Crippen molar-refractivity contribution in [2.45, 2.75) is 6.92 Å². The van der Waals surface area contributed by atoms with Gasteiger partial charge >= 0.3 is 5.97 Å². The van der Waals surface area contributed by atoms with Crippen LogP contribution in [0.5, 0.6) is 0 Å². The zero-order chi connectivity index (χ0) is 14.0. The molecule has 0 spiro atoms. The van der Waals surface area contributed by atoms with Crippen molar-refractivity contribution in [3.05, 3.63) is 45.1 Å². The van der Waals surface area contributed by atoms with Gasteiger partial charge in [0, 0.05) is 15.2 Å². The number of nitrogens with one attached hydrogen (secondary N) is 1. The number of halogens is 2. The molecule has 0 radical (unpaired) electrons. The molecule has 2 N–H and O–H groups in total. The number of aromatic nitrogens is 2. The van der Waals surface area contributed by atoms with Gasteiger partial charge in [-0.1, -0.05) is 11.6 Å². The van der Waals surface area contributed by atoms with Crippen molar-refractivity contribution in [1.82, 2.24) is 9.97 Å². The third-order valence-electron chi connectivity index (χ3n) is 2.25. The Hall–Kier alpha value is -1.66. The van der Waals surface area contributed by atoms with Gasteiger partial charge in [-0.3, -0.25) is 0 Å². The summed E-state index contributed by atoms with van der Waals surface area (Å²) in [5.41, 5.74) is 1.21. The van der Waals surface area contributed by atoms with Crippen molar-refractivity contribution in [3.8, 4) is 0 Å². The van der Waals surface area contributed by atoms with Crippen molar-refractivity contribution >= 4 is 45.1 Å². The summed E-state index contributed by atoms with van der Waals surface area (Å²) in [6.07, 6.45) is 0. The Morgan fingerprint density at radius 3 is 2.74 bits per heavy atom. The maximum atomic E-state index is 10.9. The lowest BCUT2D eigenvalue weighted by Crippen LogP contribution is -2.06. The highest BCUT2D eigenvalue weighted by molar-refractivity contribution is 9.10. The van der Waals surface area contributed by atoms with Crippen LogP contribution in [0.4, 0.5) is 11.6 Å². The van der Waals surface area contributed by atoms with Crippen LogP contribution in [-0.4, -0.2) is 21.0 Å². The van der Waals surface area contributed by atoms with Crippen LogP contribution in [0.2, 0.25) is 5.02 Å². The summed E-state index contributed by atoms with van der Waals surface area (Å²) in [6, 6.07) is 6.59. The van der Waals surface area contributed by atoms with E-state index >= 15 is 0 Å². The molecule has 7 heteroatoms. The first-order chi connectivity index (χ1) is 8.95. The van der Waals surface area contributed by atoms with Crippen molar-refractivity contribution in [2.24, 2.45) is 0 Å². The molecule has 98 valence electrons. The van der Waals surface area contributed by atoms with Gasteiger partial charge in [-0.05, 0) is 47.1 Å². The molecule has 0 amide bonds. The summed E-state index contributed by atoms with van der Waals surface area (Å²) in [5.74, 6) is -0.871. The molecular formula is C12H9BrClN3O2. The summed E-state index contributed by atoms with van der Waals surface area (Å²) >= 11 is 9.20. The molecule has 0 aliphatic carbocycles. The van der Waals surface area contributed by atoms with Crippen LogP contribution in [0.25, 0.3) is 0 Å². The third kappa shape index (κ3) is 3.42. The highest BCUT2D eigenvalue weighted by Gasteiger charge is 2.10. The van der Waals surface area contributed by atoms with Crippen molar-refractivity contribution in [1.29, 1.82) is 0 Å². The fraction of sp³-hybridized carbons (Fsp3) is 0.0833. The molecule has 0 unspecified atom stereocenters. The lowest BCUT2D eigenvalue weighted by atomic mass is 10.3. The molecule has 1 aromatic heterocycles. The average Bonchev–Trinajstić information content (AvgIpc) is 2.32. The summed E-state index contributed by atoms with van der Waals surface area (Å²) in [7, 11) is 0. The molecule has 0 atom stereocenters. The first-order valence-electron chi connectivity index (χ1n) is 5.27. The Kier molecular flexibility index (Phi) is 4.01. The minimum Gasteiger partial charge on any atom is -0.477 e. The van der Waals surface area contributed by atoms with Crippen LogP contribution in [0.3, 0.4) is 0 Å². The van der Waals surface area contributed by atoms with Gasteiger partial charge in [0.25, 0.3) is 0 Å². The largest absolute Gasteiger partial charge is 0.477 e. The quantitative estimate of drug-likeness (QED) is 0.890. The zero-order valence-electron chi connectivity index (χ0n) is 9.82. The Labute approximate surface area is 122 Å². The topological polar surface area (TPSA) is 75.1 Å². The van der Waals surface area contributed by atoms with Crippen LogP contribution in [-0.2, 0) is 0 Å². The minimum absolute atomic E-state index is 0.0555. The Bertz CT molecular complexity index is 649. The number of benzene rings is 1. The second-order valence-corrected chi connectivity index (χ2v) is 5.06. The van der Waals surface area contributed by atoms with E-state index < -0.39 is 5.97 Å². The first kappa shape index (κ1) is 13.8. The van der Waals surface area contributed by atoms with E-state index in [4.69, 9.17) is 16.7 Å². The molecule has 1 aromatic carbocycles. The maximum Gasteiger partial charge on any atom is 0.354 e. The zero-order valence-corrected chi connectivity index (χ0v) is 12.2. The molecule has 0 fully saturated rings. The predicted molar refractivity (Wildman–Crippen MR) is 76.2 cm³/mol. The molecule has 0 saturated heterocycles. The molecule has 0 saturated carbocycles. The van der Waals surface area contributed by atoms with E-state index in [0.717, 1.165) is 4.47 Å². The summed E-state index contributed by atoms with van der Waals surface area (Å²) in [5, 5.41) is 12.5. The van der Waals surface area contributed by atoms with Gasteiger partial charge in [-0.15, -0.1) is 0 Å². The number of hydrogen-bond donors (Lipinski definition) is 2. The van der Waals surface area contributed by atoms with E-state index in [0.29, 0.717) is 16.4 Å². The van der Waals surface area contributed by atoms with E-state index in [9.17, 15) is 4.79 Å². The van der Waals surface area contributed by atoms with E-state index in [-0.39, 0.29) is 11.6 Å². The number of carbonyl (C=O) groups is 1.